The van der Waals surface area contributed by atoms with E-state index in [2.05, 4.69) is 34.4 Å². The summed E-state index contributed by atoms with van der Waals surface area (Å²) in [5.41, 5.74) is 1.94. The molecule has 0 spiro atoms. The standard InChI is InChI=1S/C20H18F2N4O/c1-12(2)13-3-6-15(7-4-13)24-19(27)18-9-10-23-20(26-18)25-17-8-5-14(21)11-16(17)22/h3-12H,1-2H3,(H,24,27)(H,23,25,26). The molecule has 2 N–H and O–H groups in total. The smallest absolute Gasteiger partial charge is 0.274 e. The molecule has 1 amide bonds. The van der Waals surface area contributed by atoms with Crippen molar-refractivity contribution in [1.29, 1.82) is 0 Å². The summed E-state index contributed by atoms with van der Waals surface area (Å²) in [6.45, 7) is 4.18. The van der Waals surface area contributed by atoms with Gasteiger partial charge in [0.1, 0.15) is 17.3 Å². The van der Waals surface area contributed by atoms with Crippen LogP contribution in [0.1, 0.15) is 35.8 Å². The molecule has 0 saturated carbocycles. The average molecular weight is 368 g/mol. The minimum Gasteiger partial charge on any atom is -0.322 e. The maximum atomic E-state index is 13.7. The predicted octanol–water partition coefficient (Wildman–Crippen LogP) is 4.87. The van der Waals surface area contributed by atoms with Gasteiger partial charge in [0.25, 0.3) is 5.91 Å². The highest BCUT2D eigenvalue weighted by Crippen LogP contribution is 2.19. The molecule has 2 aromatic carbocycles. The summed E-state index contributed by atoms with van der Waals surface area (Å²) in [5, 5.41) is 5.39. The van der Waals surface area contributed by atoms with Crippen molar-refractivity contribution in [1.82, 2.24) is 9.97 Å². The van der Waals surface area contributed by atoms with Crippen LogP contribution in [0.2, 0.25) is 0 Å². The zero-order chi connectivity index (χ0) is 19.4. The van der Waals surface area contributed by atoms with E-state index in [1.165, 1.54) is 23.9 Å². The molecule has 27 heavy (non-hydrogen) atoms. The first-order valence-electron chi connectivity index (χ1n) is 8.39. The molecule has 5 nitrogen and oxygen atoms in total. The summed E-state index contributed by atoms with van der Waals surface area (Å²) in [4.78, 5) is 20.4. The topological polar surface area (TPSA) is 66.9 Å². The van der Waals surface area contributed by atoms with Gasteiger partial charge < -0.3 is 10.6 Å². The van der Waals surface area contributed by atoms with Crippen LogP contribution in [0.5, 0.6) is 0 Å². The molecule has 0 saturated heterocycles. The van der Waals surface area contributed by atoms with E-state index in [4.69, 9.17) is 0 Å². The number of anilines is 3. The van der Waals surface area contributed by atoms with Gasteiger partial charge in [-0.05, 0) is 41.8 Å². The van der Waals surface area contributed by atoms with Crippen molar-refractivity contribution in [2.24, 2.45) is 0 Å². The fourth-order valence-corrected chi connectivity index (χ4v) is 2.40. The molecule has 3 rings (SSSR count). The lowest BCUT2D eigenvalue weighted by atomic mass is 10.0. The summed E-state index contributed by atoms with van der Waals surface area (Å²) in [7, 11) is 0. The first-order chi connectivity index (χ1) is 12.9. The third-order valence-electron chi connectivity index (χ3n) is 3.90. The Balaban J connectivity index is 1.73. The van der Waals surface area contributed by atoms with E-state index in [1.807, 2.05) is 24.3 Å². The second-order valence-corrected chi connectivity index (χ2v) is 6.25. The van der Waals surface area contributed by atoms with Crippen LogP contribution in [0.15, 0.2) is 54.7 Å². The van der Waals surface area contributed by atoms with Crippen molar-refractivity contribution in [2.45, 2.75) is 19.8 Å². The molecule has 1 aromatic heterocycles. The number of carbonyl (C=O) groups excluding carboxylic acids is 1. The van der Waals surface area contributed by atoms with E-state index in [0.29, 0.717) is 11.6 Å². The zero-order valence-corrected chi connectivity index (χ0v) is 14.8. The highest BCUT2D eigenvalue weighted by molar-refractivity contribution is 6.03. The largest absolute Gasteiger partial charge is 0.322 e. The van der Waals surface area contributed by atoms with Crippen LogP contribution in [0.25, 0.3) is 0 Å². The third-order valence-corrected chi connectivity index (χ3v) is 3.90. The lowest BCUT2D eigenvalue weighted by Crippen LogP contribution is -2.15. The minimum absolute atomic E-state index is 0.0123. The van der Waals surface area contributed by atoms with Gasteiger partial charge in [0.15, 0.2) is 0 Å². The Morgan fingerprint density at radius 3 is 2.44 bits per heavy atom. The monoisotopic (exact) mass is 368 g/mol. The second-order valence-electron chi connectivity index (χ2n) is 6.25. The number of hydrogen-bond acceptors (Lipinski definition) is 4. The summed E-state index contributed by atoms with van der Waals surface area (Å²) >= 11 is 0. The van der Waals surface area contributed by atoms with Gasteiger partial charge >= 0.3 is 0 Å². The van der Waals surface area contributed by atoms with E-state index < -0.39 is 17.5 Å². The quantitative estimate of drug-likeness (QED) is 0.674. The van der Waals surface area contributed by atoms with Crippen molar-refractivity contribution < 1.29 is 13.6 Å². The molecule has 138 valence electrons. The van der Waals surface area contributed by atoms with Gasteiger partial charge in [0.05, 0.1) is 5.69 Å². The van der Waals surface area contributed by atoms with Crippen LogP contribution in [0.3, 0.4) is 0 Å². The first-order valence-corrected chi connectivity index (χ1v) is 8.39. The van der Waals surface area contributed by atoms with E-state index in [9.17, 15) is 13.6 Å². The number of carbonyl (C=O) groups is 1. The summed E-state index contributed by atoms with van der Waals surface area (Å²) in [5.74, 6) is -1.45. The molecule has 0 aliphatic rings. The maximum absolute atomic E-state index is 13.7. The number of amides is 1. The fourth-order valence-electron chi connectivity index (χ4n) is 2.40. The number of aromatic nitrogens is 2. The van der Waals surface area contributed by atoms with Crippen molar-refractivity contribution in [3.05, 3.63) is 77.6 Å². The summed E-state index contributed by atoms with van der Waals surface area (Å²) < 4.78 is 26.7. The summed E-state index contributed by atoms with van der Waals surface area (Å²) in [6.07, 6.45) is 1.38. The minimum atomic E-state index is -0.779. The fraction of sp³-hybridized carbons (Fsp3) is 0.150. The molecular formula is C20H18F2N4O. The molecule has 0 radical (unpaired) electrons. The molecule has 3 aromatic rings. The third kappa shape index (κ3) is 4.63. The molecular weight excluding hydrogens is 350 g/mol. The van der Waals surface area contributed by atoms with E-state index in [0.717, 1.165) is 12.1 Å². The highest BCUT2D eigenvalue weighted by Gasteiger charge is 2.11. The van der Waals surface area contributed by atoms with Gasteiger partial charge in [-0.2, -0.15) is 0 Å². The Hall–Kier alpha value is -3.35. The Morgan fingerprint density at radius 1 is 1.04 bits per heavy atom. The van der Waals surface area contributed by atoms with Crippen LogP contribution >= 0.6 is 0 Å². The molecule has 0 aliphatic heterocycles. The second kappa shape index (κ2) is 7.90. The number of hydrogen-bond donors (Lipinski definition) is 2. The van der Waals surface area contributed by atoms with Gasteiger partial charge in [0.2, 0.25) is 5.95 Å². The van der Waals surface area contributed by atoms with Gasteiger partial charge in [-0.15, -0.1) is 0 Å². The Kier molecular flexibility index (Phi) is 5.40. The normalized spacial score (nSPS) is 10.7. The van der Waals surface area contributed by atoms with Crippen molar-refractivity contribution >= 4 is 23.2 Å². The Labute approximate surface area is 155 Å². The number of rotatable bonds is 5. The van der Waals surface area contributed by atoms with Crippen LogP contribution < -0.4 is 10.6 Å². The Bertz CT molecular complexity index is 958. The lowest BCUT2D eigenvalue weighted by Gasteiger charge is -2.09. The van der Waals surface area contributed by atoms with E-state index >= 15 is 0 Å². The summed E-state index contributed by atoms with van der Waals surface area (Å²) in [6, 6.07) is 12.1. The zero-order valence-electron chi connectivity index (χ0n) is 14.8. The lowest BCUT2D eigenvalue weighted by molar-refractivity contribution is 0.102. The number of benzene rings is 2. The van der Waals surface area contributed by atoms with E-state index in [1.54, 1.807) is 0 Å². The van der Waals surface area contributed by atoms with Crippen molar-refractivity contribution in [3.63, 3.8) is 0 Å². The number of nitrogens with zero attached hydrogens (tertiary/aromatic N) is 2. The first kappa shape index (κ1) is 18.4. The van der Waals surface area contributed by atoms with Gasteiger partial charge in [0, 0.05) is 18.0 Å². The molecule has 0 unspecified atom stereocenters. The average Bonchev–Trinajstić information content (AvgIpc) is 2.65. The Morgan fingerprint density at radius 2 is 1.78 bits per heavy atom. The molecule has 0 aliphatic carbocycles. The molecule has 7 heteroatoms. The van der Waals surface area contributed by atoms with Gasteiger partial charge in [-0.3, -0.25) is 4.79 Å². The van der Waals surface area contributed by atoms with Gasteiger partial charge in [-0.1, -0.05) is 26.0 Å². The highest BCUT2D eigenvalue weighted by atomic mass is 19.1. The number of nitrogens with one attached hydrogen (secondary N) is 2. The maximum Gasteiger partial charge on any atom is 0.274 e. The van der Waals surface area contributed by atoms with E-state index in [-0.39, 0.29) is 17.3 Å². The van der Waals surface area contributed by atoms with Crippen molar-refractivity contribution in [3.8, 4) is 0 Å². The van der Waals surface area contributed by atoms with Crippen molar-refractivity contribution in [2.75, 3.05) is 10.6 Å². The molecule has 1 heterocycles. The van der Waals surface area contributed by atoms with Crippen LogP contribution in [0, 0.1) is 11.6 Å². The SMILES string of the molecule is CC(C)c1ccc(NC(=O)c2ccnc(Nc3ccc(F)cc3F)n2)cc1. The molecule has 0 fully saturated rings. The van der Waals surface area contributed by atoms with Crippen LogP contribution in [-0.2, 0) is 0 Å². The predicted molar refractivity (Wildman–Crippen MR) is 100 cm³/mol. The molecule has 0 atom stereocenters. The van der Waals surface area contributed by atoms with Gasteiger partial charge in [-0.25, -0.2) is 18.7 Å². The van der Waals surface area contributed by atoms with Crippen LogP contribution in [-0.4, -0.2) is 15.9 Å². The molecule has 0 bridgehead atoms. The number of halogens is 2. The van der Waals surface area contributed by atoms with Crippen LogP contribution in [0.4, 0.5) is 26.1 Å².